The van der Waals surface area contributed by atoms with Gasteiger partial charge >= 0.3 is 109 Å². The van der Waals surface area contributed by atoms with Gasteiger partial charge in [-0.05, 0) is 22.9 Å². The number of imidazole rings is 1. The molecule has 7 nitrogen and oxygen atoms in total. The van der Waals surface area contributed by atoms with Gasteiger partial charge in [-0.25, -0.2) is 0 Å². The summed E-state index contributed by atoms with van der Waals surface area (Å²) in [6.07, 6.45) is 9.28. The summed E-state index contributed by atoms with van der Waals surface area (Å²) < 4.78 is 2.83. The summed E-state index contributed by atoms with van der Waals surface area (Å²) in [5.41, 5.74) is 2.82. The van der Waals surface area contributed by atoms with Crippen LogP contribution in [0.5, 0.6) is 0 Å². The van der Waals surface area contributed by atoms with Gasteiger partial charge < -0.3 is 5.32 Å². The van der Waals surface area contributed by atoms with E-state index in [1.165, 1.54) is 16.9 Å². The van der Waals surface area contributed by atoms with E-state index in [-0.39, 0.29) is 18.3 Å². The number of hydrogen-bond donors (Lipinski definition) is 2. The van der Waals surface area contributed by atoms with Gasteiger partial charge in [0.25, 0.3) is 5.91 Å². The van der Waals surface area contributed by atoms with Crippen molar-refractivity contribution in [2.24, 2.45) is 0 Å². The second-order valence-electron chi connectivity index (χ2n) is 7.63. The SMILES string of the molecule is Cl.O=C(NCCn1cc(CCCCCc2c[nH]c([AsH2])n2)nn1)c1ccc2ccccc2c1. The molecule has 0 aliphatic carbocycles. The molecule has 9 heteroatoms. The number of benzene rings is 2. The van der Waals surface area contributed by atoms with Crippen molar-refractivity contribution in [1.82, 2.24) is 30.3 Å². The number of H-pyrrole nitrogens is 1. The maximum absolute atomic E-state index is 12.4. The molecule has 2 N–H and O–H groups in total. The summed E-state index contributed by atoms with van der Waals surface area (Å²) in [6, 6.07) is 13.8. The van der Waals surface area contributed by atoms with E-state index < -0.39 is 0 Å². The first-order valence-corrected chi connectivity index (χ1v) is 11.8. The normalized spacial score (nSPS) is 10.8. The predicted molar refractivity (Wildman–Crippen MR) is 132 cm³/mol. The Morgan fingerprint density at radius 1 is 1.03 bits per heavy atom. The Hall–Kier alpha value is -2.63. The Morgan fingerprint density at radius 3 is 2.59 bits per heavy atom. The molecule has 2 heterocycles. The molecule has 0 aliphatic rings. The van der Waals surface area contributed by atoms with E-state index in [9.17, 15) is 4.79 Å². The smallest absolute Gasteiger partial charge is 0.0399 e. The van der Waals surface area contributed by atoms with Gasteiger partial charge in [-0.3, -0.25) is 4.79 Å². The molecule has 1 amide bonds. The zero-order chi connectivity index (χ0) is 21.5. The van der Waals surface area contributed by atoms with Crippen molar-refractivity contribution in [3.05, 3.63) is 71.8 Å². The van der Waals surface area contributed by atoms with Crippen LogP contribution in [0.25, 0.3) is 10.8 Å². The summed E-state index contributed by atoms with van der Waals surface area (Å²) in [5.74, 6) is -0.0701. The fourth-order valence-corrected chi connectivity index (χ4v) is 4.10. The third kappa shape index (κ3) is 6.68. The van der Waals surface area contributed by atoms with Crippen LogP contribution < -0.4 is 9.93 Å². The molecular weight excluding hydrogens is 487 g/mol. The number of amides is 1. The van der Waals surface area contributed by atoms with Crippen LogP contribution in [-0.4, -0.2) is 54.3 Å². The van der Waals surface area contributed by atoms with Crippen molar-refractivity contribution in [2.45, 2.75) is 38.6 Å². The number of aryl methyl sites for hydroxylation is 2. The third-order valence-corrected chi connectivity index (χ3v) is 5.86. The molecule has 32 heavy (non-hydrogen) atoms. The molecule has 0 bridgehead atoms. The molecule has 0 aliphatic heterocycles. The van der Waals surface area contributed by atoms with Gasteiger partial charge in [0, 0.05) is 12.1 Å². The zero-order valence-corrected chi connectivity index (χ0v) is 21.1. The number of unbranched alkanes of at least 4 members (excludes halogenated alkanes) is 2. The Balaban J connectivity index is 0.00000289. The monoisotopic (exact) mass is 514 g/mol. The minimum atomic E-state index is -0.0701. The summed E-state index contributed by atoms with van der Waals surface area (Å²) >= 11 is 1.52. The van der Waals surface area contributed by atoms with Gasteiger partial charge in [0.2, 0.25) is 0 Å². The Bertz CT molecular complexity index is 1160. The Morgan fingerprint density at radius 2 is 1.81 bits per heavy atom. The van der Waals surface area contributed by atoms with Crippen LogP contribution in [0, 0.1) is 0 Å². The average Bonchev–Trinajstić information content (AvgIpc) is 3.41. The molecule has 0 saturated heterocycles. The van der Waals surface area contributed by atoms with Gasteiger partial charge in [0.1, 0.15) is 0 Å². The number of fused-ring (bicyclic) bond motifs is 1. The van der Waals surface area contributed by atoms with Crippen LogP contribution in [0.4, 0.5) is 0 Å². The number of halogens is 1. The minimum Gasteiger partial charge on any atom is -0.0616 e. The minimum absolute atomic E-state index is 0. The molecule has 1 unspecified atom stereocenters. The van der Waals surface area contributed by atoms with E-state index >= 15 is 0 Å². The number of rotatable bonds is 10. The number of aromatic nitrogens is 5. The maximum atomic E-state index is 12.4. The molecule has 4 aromatic rings. The number of hydrogen-bond acceptors (Lipinski definition) is 4. The van der Waals surface area contributed by atoms with E-state index in [4.69, 9.17) is 0 Å². The first-order chi connectivity index (χ1) is 15.2. The molecule has 168 valence electrons. The molecule has 4 rings (SSSR count). The first-order valence-electron chi connectivity index (χ1n) is 10.6. The fraction of sp³-hybridized carbons (Fsp3) is 0.304. The fourth-order valence-electron chi connectivity index (χ4n) is 3.57. The number of carbonyl (C=O) groups excluding carboxylic acids is 1. The van der Waals surface area contributed by atoms with Crippen molar-refractivity contribution < 1.29 is 4.79 Å². The quantitative estimate of drug-likeness (QED) is 0.251. The van der Waals surface area contributed by atoms with Crippen LogP contribution in [0.3, 0.4) is 0 Å². The van der Waals surface area contributed by atoms with E-state index in [1.54, 1.807) is 4.68 Å². The maximum Gasteiger partial charge on any atom is 0.0399 e. The van der Waals surface area contributed by atoms with Crippen LogP contribution in [0.1, 0.15) is 41.0 Å². The summed E-state index contributed by atoms with van der Waals surface area (Å²) in [7, 11) is 0. The van der Waals surface area contributed by atoms with Gasteiger partial charge in [0.05, 0.1) is 0 Å². The van der Waals surface area contributed by atoms with E-state index in [2.05, 4.69) is 25.6 Å². The second kappa shape index (κ2) is 11.8. The number of nitrogens with one attached hydrogen (secondary N) is 2. The topological polar surface area (TPSA) is 88.5 Å². The number of nitrogens with zero attached hydrogens (tertiary/aromatic N) is 4. The van der Waals surface area contributed by atoms with Crippen LogP contribution in [0.2, 0.25) is 0 Å². The van der Waals surface area contributed by atoms with Crippen molar-refractivity contribution >= 4 is 50.6 Å². The van der Waals surface area contributed by atoms with Crippen molar-refractivity contribution in [3.8, 4) is 0 Å². The van der Waals surface area contributed by atoms with Gasteiger partial charge in [-0.2, -0.15) is 0 Å². The van der Waals surface area contributed by atoms with Gasteiger partial charge in [-0.15, -0.1) is 12.4 Å². The van der Waals surface area contributed by atoms with Crippen LogP contribution in [-0.2, 0) is 19.4 Å². The molecule has 1 atom stereocenters. The second-order valence-corrected chi connectivity index (χ2v) is 8.78. The molecule has 0 saturated carbocycles. The Kier molecular flexibility index (Phi) is 8.89. The first kappa shape index (κ1) is 24.0. The average molecular weight is 515 g/mol. The molecule has 0 spiro atoms. The largest absolute Gasteiger partial charge is 0.0616 e. The van der Waals surface area contributed by atoms with Gasteiger partial charge in [-0.1, -0.05) is 30.3 Å². The van der Waals surface area contributed by atoms with E-state index in [0.29, 0.717) is 18.7 Å². The number of aromatic amines is 1. The molecule has 0 fully saturated rings. The molecular formula is C23H28AsClN6O. The predicted octanol–water partition coefficient (Wildman–Crippen LogP) is 2.22. The van der Waals surface area contributed by atoms with E-state index in [0.717, 1.165) is 58.9 Å². The molecule has 0 radical (unpaired) electrons. The van der Waals surface area contributed by atoms with Crippen molar-refractivity contribution in [3.63, 3.8) is 0 Å². The standard InChI is InChI=1S/C23H27AsN6O.ClH/c24-23-26-15-20(27-23)8-2-1-3-9-21-16-30(29-28-21)13-12-25-22(31)19-11-10-17-6-4-5-7-18(17)14-19;/h4-7,10-11,14-16H,1-3,8-9,12-13,24H2,(H,25,31)(H,26,27);1H. The number of carbonyl (C=O) groups is 1. The molecule has 2 aromatic carbocycles. The third-order valence-electron chi connectivity index (χ3n) is 5.24. The van der Waals surface area contributed by atoms with Crippen LogP contribution >= 0.6 is 12.4 Å². The van der Waals surface area contributed by atoms with Crippen molar-refractivity contribution in [1.29, 1.82) is 0 Å². The van der Waals surface area contributed by atoms with E-state index in [1.807, 2.05) is 54.9 Å². The summed E-state index contributed by atoms with van der Waals surface area (Å²) in [6.45, 7) is 1.12. The molecule has 2 aromatic heterocycles. The van der Waals surface area contributed by atoms with Crippen LogP contribution in [0.15, 0.2) is 54.9 Å². The summed E-state index contributed by atoms with van der Waals surface area (Å²) in [5, 5.41) is 13.6. The zero-order valence-electron chi connectivity index (χ0n) is 17.8. The summed E-state index contributed by atoms with van der Waals surface area (Å²) in [4.78, 5) is 20.0. The van der Waals surface area contributed by atoms with Crippen molar-refractivity contribution in [2.75, 3.05) is 6.54 Å². The van der Waals surface area contributed by atoms with Gasteiger partial charge in [0.15, 0.2) is 0 Å². The Labute approximate surface area is 202 Å².